The summed E-state index contributed by atoms with van der Waals surface area (Å²) < 4.78 is 0. The Morgan fingerprint density at radius 1 is 1.08 bits per heavy atom. The third kappa shape index (κ3) is 30.2. The monoisotopic (exact) mass is 261 g/mol. The quantitative estimate of drug-likeness (QED) is 0.526. The summed E-state index contributed by atoms with van der Waals surface area (Å²) in [5.74, 6) is 0. The Hall–Kier alpha value is 1.32. The standard InChI is InChI=1S/C5H13Si.C5H11.Y/c1-4-5-6(2)3;1-3-5-4-2;/h4-5H2,1-3H3;1,3-5H2,2H3;/q;-1;. The van der Waals surface area contributed by atoms with Crippen LogP contribution < -0.4 is 0 Å². The van der Waals surface area contributed by atoms with Crippen LogP contribution in [-0.4, -0.2) is 8.80 Å². The number of rotatable bonds is 4. The molecule has 0 saturated carbocycles. The van der Waals surface area contributed by atoms with E-state index < -0.39 is 0 Å². The van der Waals surface area contributed by atoms with Gasteiger partial charge in [0.2, 0.25) is 0 Å². The largest absolute Gasteiger partial charge is 0.343 e. The molecule has 0 aromatic carbocycles. The van der Waals surface area contributed by atoms with Crippen molar-refractivity contribution < 1.29 is 32.7 Å². The van der Waals surface area contributed by atoms with Crippen LogP contribution in [0.3, 0.4) is 0 Å². The second-order valence-corrected chi connectivity index (χ2v) is 6.08. The smallest absolute Gasteiger partial charge is 0.0412 e. The van der Waals surface area contributed by atoms with Crippen LogP contribution in [0.5, 0.6) is 0 Å². The van der Waals surface area contributed by atoms with Crippen LogP contribution in [0.2, 0.25) is 19.1 Å². The van der Waals surface area contributed by atoms with E-state index in [2.05, 4.69) is 33.9 Å². The van der Waals surface area contributed by atoms with Crippen LogP contribution in [0.1, 0.15) is 39.5 Å². The number of hydrogen-bond acceptors (Lipinski definition) is 0. The van der Waals surface area contributed by atoms with Crippen LogP contribution in [0, 0.1) is 6.92 Å². The Balaban J connectivity index is -0.000000126. The molecule has 0 aliphatic carbocycles. The first kappa shape index (κ1) is 19.0. The van der Waals surface area contributed by atoms with Gasteiger partial charge in [0.05, 0.1) is 0 Å². The van der Waals surface area contributed by atoms with Crippen molar-refractivity contribution >= 4 is 8.80 Å². The molecule has 12 heavy (non-hydrogen) atoms. The fraction of sp³-hybridized carbons (Fsp3) is 0.900. The first-order valence-electron chi connectivity index (χ1n) is 4.77. The fourth-order valence-electron chi connectivity index (χ4n) is 0.750. The van der Waals surface area contributed by atoms with Crippen LogP contribution in [0.15, 0.2) is 0 Å². The van der Waals surface area contributed by atoms with Gasteiger partial charge in [-0.05, 0) is 0 Å². The number of unbranched alkanes of at least 4 members (excludes halogenated alkanes) is 2. The second kappa shape index (κ2) is 18.2. The van der Waals surface area contributed by atoms with E-state index in [0.717, 1.165) is 6.42 Å². The van der Waals surface area contributed by atoms with Gasteiger partial charge in [0.25, 0.3) is 0 Å². The van der Waals surface area contributed by atoms with Gasteiger partial charge in [-0.25, -0.2) is 0 Å². The summed E-state index contributed by atoms with van der Waals surface area (Å²) in [6.45, 7) is 12.8. The summed E-state index contributed by atoms with van der Waals surface area (Å²) >= 11 is 0. The molecule has 72 valence electrons. The summed E-state index contributed by atoms with van der Waals surface area (Å²) in [5, 5.41) is 0. The van der Waals surface area contributed by atoms with E-state index in [9.17, 15) is 0 Å². The van der Waals surface area contributed by atoms with Crippen LogP contribution in [0.4, 0.5) is 0 Å². The minimum atomic E-state index is 0. The normalized spacial score (nSPS) is 8.50. The SMILES string of the molecule is CCC[Si](C)C.[CH2-]CCCC.[Y]. The first-order chi connectivity index (χ1) is 5.18. The molecule has 0 atom stereocenters. The number of hydrogen-bond donors (Lipinski definition) is 0. The van der Waals surface area contributed by atoms with Crippen LogP contribution >= 0.6 is 0 Å². The van der Waals surface area contributed by atoms with E-state index in [4.69, 9.17) is 0 Å². The topological polar surface area (TPSA) is 0 Å². The molecule has 0 fully saturated rings. The van der Waals surface area contributed by atoms with Gasteiger partial charge in [-0.2, -0.15) is 6.42 Å². The van der Waals surface area contributed by atoms with E-state index in [1.807, 2.05) is 0 Å². The maximum Gasteiger partial charge on any atom is 0.0412 e. The molecule has 0 nitrogen and oxygen atoms in total. The van der Waals surface area contributed by atoms with E-state index >= 15 is 0 Å². The Morgan fingerprint density at radius 3 is 1.58 bits per heavy atom. The molecule has 0 rings (SSSR count). The van der Waals surface area contributed by atoms with Crippen molar-refractivity contribution in [3.63, 3.8) is 0 Å². The maximum atomic E-state index is 3.68. The van der Waals surface area contributed by atoms with Gasteiger partial charge >= 0.3 is 0 Å². The molecule has 2 heteroatoms. The second-order valence-electron chi connectivity index (χ2n) is 3.16. The third-order valence-corrected chi connectivity index (χ3v) is 2.85. The molecular weight excluding hydrogens is 237 g/mol. The zero-order chi connectivity index (χ0) is 9.11. The van der Waals surface area contributed by atoms with Crippen molar-refractivity contribution in [2.24, 2.45) is 0 Å². The predicted molar refractivity (Wildman–Crippen MR) is 57.5 cm³/mol. The summed E-state index contributed by atoms with van der Waals surface area (Å²) in [6.07, 6.45) is 5.03. The summed E-state index contributed by atoms with van der Waals surface area (Å²) in [4.78, 5) is 0. The molecule has 0 unspecified atom stereocenters. The Labute approximate surface area is 106 Å². The maximum absolute atomic E-state index is 3.68. The van der Waals surface area contributed by atoms with Crippen LogP contribution in [0.25, 0.3) is 0 Å². The Kier molecular flexibility index (Phi) is 28.8. The zero-order valence-electron chi connectivity index (χ0n) is 9.32. The minimum absolute atomic E-state index is 0. The molecule has 2 radical (unpaired) electrons. The van der Waals surface area contributed by atoms with Gasteiger partial charge in [0.15, 0.2) is 0 Å². The van der Waals surface area contributed by atoms with Gasteiger partial charge < -0.3 is 6.92 Å². The summed E-state index contributed by atoms with van der Waals surface area (Å²) in [5.41, 5.74) is 0. The van der Waals surface area contributed by atoms with Gasteiger partial charge in [0.1, 0.15) is 0 Å². The van der Waals surface area contributed by atoms with Gasteiger partial charge in [-0.1, -0.05) is 52.2 Å². The van der Waals surface area contributed by atoms with Gasteiger partial charge in [-0.15, -0.1) is 0 Å². The molecule has 0 saturated heterocycles. The van der Waals surface area contributed by atoms with E-state index in [1.165, 1.54) is 25.3 Å². The van der Waals surface area contributed by atoms with Crippen LogP contribution in [-0.2, 0) is 32.7 Å². The zero-order valence-corrected chi connectivity index (χ0v) is 13.2. The van der Waals surface area contributed by atoms with Crippen molar-refractivity contribution in [2.45, 2.75) is 58.7 Å². The summed E-state index contributed by atoms with van der Waals surface area (Å²) in [6, 6.07) is 1.48. The first-order valence-corrected chi connectivity index (χ1v) is 7.47. The van der Waals surface area contributed by atoms with E-state index in [-0.39, 0.29) is 41.5 Å². The Morgan fingerprint density at radius 2 is 1.58 bits per heavy atom. The Bertz CT molecular complexity index is 53.8. The molecule has 0 aliphatic rings. The molecule has 0 aliphatic heterocycles. The molecular formula is C10H24SiY-. The molecule has 0 amide bonds. The third-order valence-electron chi connectivity index (χ3n) is 1.35. The van der Waals surface area contributed by atoms with Gasteiger partial charge in [-0.3, -0.25) is 0 Å². The molecule has 0 aromatic rings. The molecule has 0 N–H and O–H groups in total. The average molecular weight is 261 g/mol. The molecule has 0 bridgehead atoms. The molecule has 0 spiro atoms. The van der Waals surface area contributed by atoms with Crippen molar-refractivity contribution in [1.29, 1.82) is 0 Å². The fourth-order valence-corrected chi connectivity index (χ4v) is 1.75. The average Bonchev–Trinajstić information content (AvgIpc) is 1.90. The summed E-state index contributed by atoms with van der Waals surface area (Å²) in [7, 11) is 0.114. The van der Waals surface area contributed by atoms with Crippen molar-refractivity contribution in [3.05, 3.63) is 6.92 Å². The van der Waals surface area contributed by atoms with E-state index in [0.29, 0.717) is 0 Å². The van der Waals surface area contributed by atoms with Crippen molar-refractivity contribution in [1.82, 2.24) is 0 Å². The molecule has 0 heterocycles. The minimum Gasteiger partial charge on any atom is -0.343 e. The van der Waals surface area contributed by atoms with Crippen molar-refractivity contribution in [3.8, 4) is 0 Å². The van der Waals surface area contributed by atoms with E-state index in [1.54, 1.807) is 0 Å². The van der Waals surface area contributed by atoms with Gasteiger partial charge in [0, 0.05) is 41.5 Å². The molecule has 0 aromatic heterocycles. The van der Waals surface area contributed by atoms with Crippen molar-refractivity contribution in [2.75, 3.05) is 0 Å². The predicted octanol–water partition coefficient (Wildman–Crippen LogP) is 4.16.